The fraction of sp³-hybridized carbons (Fsp3) is 0.625. The predicted octanol–water partition coefficient (Wildman–Crippen LogP) is 4.52. The smallest absolute Gasteiger partial charge is 0.127 e. The Hall–Kier alpha value is -1.02. The molecule has 2 nitrogen and oxygen atoms in total. The number of furan rings is 1. The molecule has 1 aromatic heterocycles. The van der Waals surface area contributed by atoms with Gasteiger partial charge in [-0.1, -0.05) is 19.4 Å². The minimum absolute atomic E-state index is 0.290. The number of aryl methyl sites for hydroxylation is 1. The molecule has 0 bridgehead atoms. The van der Waals surface area contributed by atoms with E-state index in [-0.39, 0.29) is 6.04 Å². The van der Waals surface area contributed by atoms with E-state index in [0.717, 1.165) is 18.7 Å². The van der Waals surface area contributed by atoms with Crippen molar-refractivity contribution in [2.45, 2.75) is 58.4 Å². The van der Waals surface area contributed by atoms with Crippen LogP contribution >= 0.6 is 0 Å². The lowest BCUT2D eigenvalue weighted by atomic mass is 9.98. The molecule has 100 valence electrons. The predicted molar refractivity (Wildman–Crippen MR) is 75.6 cm³/mol. The van der Waals surface area contributed by atoms with E-state index < -0.39 is 0 Å². The van der Waals surface area contributed by atoms with Crippen molar-refractivity contribution in [3.05, 3.63) is 35.3 Å². The molecule has 18 heavy (non-hydrogen) atoms. The molecule has 1 atom stereocenters. The first-order chi connectivity index (χ1) is 8.83. The van der Waals surface area contributed by atoms with E-state index in [1.807, 2.05) is 6.26 Å². The second kappa shape index (κ2) is 6.79. The van der Waals surface area contributed by atoms with Crippen LogP contribution in [0.3, 0.4) is 0 Å². The van der Waals surface area contributed by atoms with Crippen molar-refractivity contribution < 1.29 is 4.42 Å². The maximum atomic E-state index is 5.71. The van der Waals surface area contributed by atoms with Gasteiger partial charge in [0.15, 0.2) is 0 Å². The SMILES string of the molecule is CCCNC(C1=CCCCCC1)c1occc1C. The third kappa shape index (κ3) is 3.26. The lowest BCUT2D eigenvalue weighted by molar-refractivity contribution is 0.433. The van der Waals surface area contributed by atoms with Crippen LogP contribution in [0.4, 0.5) is 0 Å². The zero-order valence-electron chi connectivity index (χ0n) is 11.7. The summed E-state index contributed by atoms with van der Waals surface area (Å²) in [5, 5.41) is 3.65. The fourth-order valence-electron chi connectivity index (χ4n) is 2.66. The molecule has 1 N–H and O–H groups in total. The minimum atomic E-state index is 0.290. The Balaban J connectivity index is 2.18. The summed E-state index contributed by atoms with van der Waals surface area (Å²) in [7, 11) is 0. The summed E-state index contributed by atoms with van der Waals surface area (Å²) in [5.41, 5.74) is 2.78. The Labute approximate surface area is 110 Å². The van der Waals surface area contributed by atoms with Crippen molar-refractivity contribution in [3.8, 4) is 0 Å². The second-order valence-electron chi connectivity index (χ2n) is 5.23. The summed E-state index contributed by atoms with van der Waals surface area (Å²) >= 11 is 0. The van der Waals surface area contributed by atoms with Gasteiger partial charge in [-0.05, 0) is 62.8 Å². The molecular weight excluding hydrogens is 222 g/mol. The Morgan fingerprint density at radius 2 is 2.22 bits per heavy atom. The van der Waals surface area contributed by atoms with Crippen LogP contribution in [0.2, 0.25) is 0 Å². The van der Waals surface area contributed by atoms with Crippen LogP contribution < -0.4 is 5.32 Å². The van der Waals surface area contributed by atoms with Gasteiger partial charge >= 0.3 is 0 Å². The number of rotatable bonds is 5. The summed E-state index contributed by atoms with van der Waals surface area (Å²) in [6.45, 7) is 5.39. The van der Waals surface area contributed by atoms with Crippen molar-refractivity contribution >= 4 is 0 Å². The van der Waals surface area contributed by atoms with E-state index >= 15 is 0 Å². The van der Waals surface area contributed by atoms with E-state index in [1.165, 1.54) is 43.2 Å². The second-order valence-corrected chi connectivity index (χ2v) is 5.23. The molecule has 1 heterocycles. The highest BCUT2D eigenvalue weighted by atomic mass is 16.3. The highest BCUT2D eigenvalue weighted by molar-refractivity contribution is 5.27. The zero-order chi connectivity index (χ0) is 12.8. The average molecular weight is 247 g/mol. The molecule has 1 aromatic rings. The van der Waals surface area contributed by atoms with Gasteiger partial charge < -0.3 is 9.73 Å². The Bertz CT molecular complexity index is 392. The zero-order valence-corrected chi connectivity index (χ0v) is 11.7. The molecule has 1 aliphatic rings. The molecule has 0 aromatic carbocycles. The van der Waals surface area contributed by atoms with Crippen molar-refractivity contribution in [3.63, 3.8) is 0 Å². The molecular formula is C16H25NO. The summed E-state index contributed by atoms with van der Waals surface area (Å²) in [6, 6.07) is 2.35. The first-order valence-electron chi connectivity index (χ1n) is 7.29. The Morgan fingerprint density at radius 3 is 2.94 bits per heavy atom. The van der Waals surface area contributed by atoms with Gasteiger partial charge in [0, 0.05) is 0 Å². The van der Waals surface area contributed by atoms with E-state index in [0.29, 0.717) is 0 Å². The molecule has 2 heteroatoms. The van der Waals surface area contributed by atoms with Crippen LogP contribution in [-0.2, 0) is 0 Å². The number of hydrogen-bond donors (Lipinski definition) is 1. The van der Waals surface area contributed by atoms with Crippen molar-refractivity contribution in [2.75, 3.05) is 6.54 Å². The monoisotopic (exact) mass is 247 g/mol. The van der Waals surface area contributed by atoms with E-state index in [9.17, 15) is 0 Å². The molecule has 0 amide bonds. The van der Waals surface area contributed by atoms with Crippen LogP contribution in [0, 0.1) is 6.92 Å². The van der Waals surface area contributed by atoms with Gasteiger partial charge in [-0.15, -0.1) is 0 Å². The third-order valence-electron chi connectivity index (χ3n) is 3.71. The molecule has 0 spiro atoms. The lowest BCUT2D eigenvalue weighted by Gasteiger charge is -2.20. The van der Waals surface area contributed by atoms with Crippen LogP contribution in [0.5, 0.6) is 0 Å². The molecule has 0 saturated carbocycles. The van der Waals surface area contributed by atoms with Crippen LogP contribution in [0.15, 0.2) is 28.4 Å². The average Bonchev–Trinajstić information content (AvgIpc) is 2.65. The molecule has 1 unspecified atom stereocenters. The number of nitrogens with one attached hydrogen (secondary N) is 1. The van der Waals surface area contributed by atoms with Gasteiger partial charge in [0.05, 0.1) is 12.3 Å². The first-order valence-corrected chi connectivity index (χ1v) is 7.29. The lowest BCUT2D eigenvalue weighted by Crippen LogP contribution is -2.24. The third-order valence-corrected chi connectivity index (χ3v) is 3.71. The van der Waals surface area contributed by atoms with Gasteiger partial charge in [-0.3, -0.25) is 0 Å². The van der Waals surface area contributed by atoms with Gasteiger partial charge in [0.25, 0.3) is 0 Å². The van der Waals surface area contributed by atoms with Crippen molar-refractivity contribution in [1.82, 2.24) is 5.32 Å². The maximum absolute atomic E-state index is 5.71. The summed E-state index contributed by atoms with van der Waals surface area (Å²) in [5.74, 6) is 1.11. The molecule has 0 saturated heterocycles. The fourth-order valence-corrected chi connectivity index (χ4v) is 2.66. The molecule has 0 fully saturated rings. The standard InChI is InChI=1S/C16H25NO/c1-3-11-17-15(16-13(2)10-12-18-16)14-8-6-4-5-7-9-14/h8,10,12,15,17H,3-7,9,11H2,1-2H3. The van der Waals surface area contributed by atoms with Crippen molar-refractivity contribution in [1.29, 1.82) is 0 Å². The van der Waals surface area contributed by atoms with Gasteiger partial charge in [0.1, 0.15) is 5.76 Å². The summed E-state index contributed by atoms with van der Waals surface area (Å²) in [4.78, 5) is 0. The highest BCUT2D eigenvalue weighted by Crippen LogP contribution is 2.31. The Morgan fingerprint density at radius 1 is 1.33 bits per heavy atom. The van der Waals surface area contributed by atoms with Crippen molar-refractivity contribution in [2.24, 2.45) is 0 Å². The molecule has 1 aliphatic carbocycles. The first kappa shape index (κ1) is 13.4. The summed E-state index contributed by atoms with van der Waals surface area (Å²) < 4.78 is 5.71. The number of allylic oxidation sites excluding steroid dienone is 1. The van der Waals surface area contributed by atoms with Crippen LogP contribution in [0.1, 0.15) is 62.8 Å². The highest BCUT2D eigenvalue weighted by Gasteiger charge is 2.21. The van der Waals surface area contributed by atoms with Gasteiger partial charge in [0.2, 0.25) is 0 Å². The summed E-state index contributed by atoms with van der Waals surface area (Å²) in [6.07, 6.45) is 11.8. The van der Waals surface area contributed by atoms with E-state index in [1.54, 1.807) is 0 Å². The minimum Gasteiger partial charge on any atom is -0.467 e. The van der Waals surface area contributed by atoms with E-state index in [4.69, 9.17) is 4.42 Å². The Kier molecular flexibility index (Phi) is 5.06. The van der Waals surface area contributed by atoms with Crippen LogP contribution in [-0.4, -0.2) is 6.54 Å². The quantitative estimate of drug-likeness (QED) is 0.774. The number of hydrogen-bond acceptors (Lipinski definition) is 2. The molecule has 0 aliphatic heterocycles. The topological polar surface area (TPSA) is 25.2 Å². The van der Waals surface area contributed by atoms with Crippen LogP contribution in [0.25, 0.3) is 0 Å². The molecule has 2 rings (SSSR count). The maximum Gasteiger partial charge on any atom is 0.127 e. The largest absolute Gasteiger partial charge is 0.467 e. The molecule has 0 radical (unpaired) electrons. The normalized spacial score (nSPS) is 18.2. The van der Waals surface area contributed by atoms with Gasteiger partial charge in [-0.2, -0.15) is 0 Å². The van der Waals surface area contributed by atoms with E-state index in [2.05, 4.69) is 31.3 Å². The van der Waals surface area contributed by atoms with Gasteiger partial charge in [-0.25, -0.2) is 0 Å².